The lowest BCUT2D eigenvalue weighted by Crippen LogP contribution is -2.28. The van der Waals surface area contributed by atoms with Crippen molar-refractivity contribution >= 4 is 27.0 Å². The fourth-order valence-corrected chi connectivity index (χ4v) is 2.97. The quantitative estimate of drug-likeness (QED) is 0.876. The van der Waals surface area contributed by atoms with Crippen molar-refractivity contribution in [2.24, 2.45) is 0 Å². The number of hydrogen-bond acceptors (Lipinski definition) is 3. The number of aryl methyl sites for hydroxylation is 1. The summed E-state index contributed by atoms with van der Waals surface area (Å²) >= 11 is 3.49. The zero-order valence-corrected chi connectivity index (χ0v) is 11.4. The molecule has 17 heavy (non-hydrogen) atoms. The number of benzene rings is 1. The highest BCUT2D eigenvalue weighted by Crippen LogP contribution is 2.29. The average molecular weight is 295 g/mol. The van der Waals surface area contributed by atoms with Crippen LogP contribution in [0.1, 0.15) is 30.2 Å². The molecule has 1 N–H and O–H groups in total. The first-order chi connectivity index (χ1) is 8.24. The fourth-order valence-electron chi connectivity index (χ4n) is 2.41. The van der Waals surface area contributed by atoms with Gasteiger partial charge in [-0.1, -0.05) is 15.9 Å². The topological polar surface area (TPSA) is 38.1 Å². The van der Waals surface area contributed by atoms with Crippen molar-refractivity contribution in [3.05, 3.63) is 28.1 Å². The number of oxazole rings is 1. The summed E-state index contributed by atoms with van der Waals surface area (Å²) in [6.45, 7) is 4.15. The number of hydrogen-bond donors (Lipinski definition) is 1. The second kappa shape index (κ2) is 4.42. The summed E-state index contributed by atoms with van der Waals surface area (Å²) in [7, 11) is 0. The smallest absolute Gasteiger partial charge is 0.199 e. The lowest BCUT2D eigenvalue weighted by molar-refractivity contribution is 0.387. The van der Waals surface area contributed by atoms with Crippen molar-refractivity contribution < 1.29 is 4.42 Å². The first-order valence-corrected chi connectivity index (χ1v) is 6.80. The summed E-state index contributed by atoms with van der Waals surface area (Å²) in [4.78, 5) is 4.62. The van der Waals surface area contributed by atoms with Crippen LogP contribution in [0.2, 0.25) is 0 Å². The van der Waals surface area contributed by atoms with Crippen LogP contribution < -0.4 is 5.32 Å². The maximum Gasteiger partial charge on any atom is 0.199 e. The van der Waals surface area contributed by atoms with E-state index in [9.17, 15) is 0 Å². The molecule has 1 unspecified atom stereocenters. The number of piperidine rings is 1. The molecule has 90 valence electrons. The third kappa shape index (κ3) is 2.11. The fraction of sp³-hybridized carbons (Fsp3) is 0.462. The van der Waals surface area contributed by atoms with Gasteiger partial charge >= 0.3 is 0 Å². The predicted octanol–water partition coefficient (Wildman–Crippen LogP) is 3.37. The molecular weight excluding hydrogens is 280 g/mol. The summed E-state index contributed by atoms with van der Waals surface area (Å²) in [6.07, 6.45) is 2.37. The second-order valence-corrected chi connectivity index (χ2v) is 5.58. The highest BCUT2D eigenvalue weighted by atomic mass is 79.9. The summed E-state index contributed by atoms with van der Waals surface area (Å²) in [5.41, 5.74) is 3.02. The molecule has 1 aliphatic rings. The van der Waals surface area contributed by atoms with Crippen LogP contribution in [0.15, 0.2) is 21.0 Å². The molecule has 0 amide bonds. The van der Waals surface area contributed by atoms with Crippen molar-refractivity contribution in [1.29, 1.82) is 0 Å². The van der Waals surface area contributed by atoms with E-state index in [-0.39, 0.29) is 0 Å². The van der Waals surface area contributed by atoms with Crippen LogP contribution in [-0.4, -0.2) is 18.1 Å². The number of nitrogens with one attached hydrogen (secondary N) is 1. The van der Waals surface area contributed by atoms with Crippen molar-refractivity contribution in [1.82, 2.24) is 10.3 Å². The molecule has 3 rings (SSSR count). The third-order valence-electron chi connectivity index (χ3n) is 3.30. The Balaban J connectivity index is 2.03. The molecule has 0 radical (unpaired) electrons. The van der Waals surface area contributed by atoms with Gasteiger partial charge in [-0.3, -0.25) is 0 Å². The summed E-state index contributed by atoms with van der Waals surface area (Å²) in [6, 6.07) is 4.09. The Morgan fingerprint density at radius 1 is 1.47 bits per heavy atom. The summed E-state index contributed by atoms with van der Waals surface area (Å²) in [5.74, 6) is 1.31. The molecule has 0 saturated carbocycles. The van der Waals surface area contributed by atoms with E-state index < -0.39 is 0 Å². The molecular formula is C13H15BrN2O. The Kier molecular flexibility index (Phi) is 2.92. The van der Waals surface area contributed by atoms with Gasteiger partial charge in [-0.05, 0) is 44.0 Å². The maximum absolute atomic E-state index is 5.92. The van der Waals surface area contributed by atoms with Gasteiger partial charge in [-0.25, -0.2) is 4.98 Å². The van der Waals surface area contributed by atoms with Gasteiger partial charge in [0, 0.05) is 16.9 Å². The first kappa shape index (κ1) is 11.2. The van der Waals surface area contributed by atoms with Gasteiger partial charge in [0.1, 0.15) is 5.52 Å². The summed E-state index contributed by atoms with van der Waals surface area (Å²) in [5, 5.41) is 3.39. The van der Waals surface area contributed by atoms with Crippen LogP contribution in [0.3, 0.4) is 0 Å². The van der Waals surface area contributed by atoms with E-state index in [1.165, 1.54) is 12.8 Å². The normalized spacial score (nSPS) is 20.9. The minimum absolute atomic E-state index is 0.425. The van der Waals surface area contributed by atoms with Gasteiger partial charge < -0.3 is 9.73 Å². The molecule has 0 aliphatic carbocycles. The van der Waals surface area contributed by atoms with Crippen LogP contribution in [0.5, 0.6) is 0 Å². The first-order valence-electron chi connectivity index (χ1n) is 6.01. The lowest BCUT2D eigenvalue weighted by Gasteiger charge is -2.19. The van der Waals surface area contributed by atoms with Crippen molar-refractivity contribution in [2.75, 3.05) is 13.1 Å². The van der Waals surface area contributed by atoms with Crippen LogP contribution in [-0.2, 0) is 0 Å². The SMILES string of the molecule is Cc1cc(Br)cc2nc(C3CCCNC3)oc12. The predicted molar refractivity (Wildman–Crippen MR) is 71.3 cm³/mol. The minimum atomic E-state index is 0.425. The molecule has 0 bridgehead atoms. The molecule has 2 heterocycles. The number of halogens is 1. The third-order valence-corrected chi connectivity index (χ3v) is 3.76. The molecule has 1 fully saturated rings. The zero-order chi connectivity index (χ0) is 11.8. The molecule has 1 saturated heterocycles. The number of fused-ring (bicyclic) bond motifs is 1. The van der Waals surface area contributed by atoms with E-state index in [1.807, 2.05) is 6.07 Å². The Morgan fingerprint density at radius 2 is 2.35 bits per heavy atom. The summed E-state index contributed by atoms with van der Waals surface area (Å²) < 4.78 is 6.98. The van der Waals surface area contributed by atoms with Crippen molar-refractivity contribution in [3.8, 4) is 0 Å². The highest BCUT2D eigenvalue weighted by molar-refractivity contribution is 9.10. The molecule has 1 aromatic heterocycles. The van der Waals surface area contributed by atoms with E-state index in [0.717, 1.165) is 40.1 Å². The average Bonchev–Trinajstić information content (AvgIpc) is 2.74. The molecule has 1 atom stereocenters. The molecule has 3 nitrogen and oxygen atoms in total. The zero-order valence-electron chi connectivity index (χ0n) is 9.79. The largest absolute Gasteiger partial charge is 0.440 e. The van der Waals surface area contributed by atoms with E-state index in [1.54, 1.807) is 0 Å². The van der Waals surface area contributed by atoms with E-state index in [0.29, 0.717) is 5.92 Å². The van der Waals surface area contributed by atoms with Crippen LogP contribution >= 0.6 is 15.9 Å². The van der Waals surface area contributed by atoms with E-state index in [4.69, 9.17) is 4.42 Å². The highest BCUT2D eigenvalue weighted by Gasteiger charge is 2.21. The van der Waals surface area contributed by atoms with Gasteiger partial charge in [0.15, 0.2) is 11.5 Å². The molecule has 2 aromatic rings. The Labute approximate surface area is 109 Å². The maximum atomic E-state index is 5.92. The molecule has 1 aliphatic heterocycles. The lowest BCUT2D eigenvalue weighted by atomic mass is 10.00. The Bertz CT molecular complexity index is 544. The Morgan fingerprint density at radius 3 is 3.12 bits per heavy atom. The number of nitrogens with zero attached hydrogens (tertiary/aromatic N) is 1. The van der Waals surface area contributed by atoms with Crippen molar-refractivity contribution in [2.45, 2.75) is 25.7 Å². The standard InChI is InChI=1S/C13H15BrN2O/c1-8-5-10(14)6-11-12(8)17-13(16-11)9-3-2-4-15-7-9/h5-6,9,15H,2-4,7H2,1H3. The number of aromatic nitrogens is 1. The van der Waals surface area contributed by atoms with E-state index in [2.05, 4.69) is 39.2 Å². The van der Waals surface area contributed by atoms with Crippen LogP contribution in [0.25, 0.3) is 11.1 Å². The number of rotatable bonds is 1. The van der Waals surface area contributed by atoms with Gasteiger partial charge in [-0.15, -0.1) is 0 Å². The molecule has 0 spiro atoms. The van der Waals surface area contributed by atoms with Crippen molar-refractivity contribution in [3.63, 3.8) is 0 Å². The monoisotopic (exact) mass is 294 g/mol. The molecule has 4 heteroatoms. The molecule has 1 aromatic carbocycles. The van der Waals surface area contributed by atoms with Gasteiger partial charge in [-0.2, -0.15) is 0 Å². The van der Waals surface area contributed by atoms with Crippen LogP contribution in [0.4, 0.5) is 0 Å². The van der Waals surface area contributed by atoms with Gasteiger partial charge in [0.25, 0.3) is 0 Å². The van der Waals surface area contributed by atoms with Gasteiger partial charge in [0.2, 0.25) is 0 Å². The Hall–Kier alpha value is -0.870. The van der Waals surface area contributed by atoms with Gasteiger partial charge in [0.05, 0.1) is 0 Å². The minimum Gasteiger partial charge on any atom is -0.440 e. The van der Waals surface area contributed by atoms with E-state index >= 15 is 0 Å². The van der Waals surface area contributed by atoms with Crippen LogP contribution in [0, 0.1) is 6.92 Å². The second-order valence-electron chi connectivity index (χ2n) is 4.67.